The molecule has 0 aliphatic carbocycles. The van der Waals surface area contributed by atoms with E-state index in [0.29, 0.717) is 36.2 Å². The summed E-state index contributed by atoms with van der Waals surface area (Å²) in [5.41, 5.74) is 0.645. The number of benzene rings is 1. The molecule has 0 fully saturated rings. The highest BCUT2D eigenvalue weighted by atomic mass is 35.5. The Balaban J connectivity index is 2.44. The van der Waals surface area contributed by atoms with Crippen LogP contribution < -0.4 is 15.4 Å². The molecule has 106 valence electrons. The summed E-state index contributed by atoms with van der Waals surface area (Å²) in [6.07, 6.45) is 0. The molecule has 1 amide bonds. The molecule has 0 atom stereocenters. The van der Waals surface area contributed by atoms with Gasteiger partial charge < -0.3 is 20.1 Å². The summed E-state index contributed by atoms with van der Waals surface area (Å²) < 4.78 is 10.2. The van der Waals surface area contributed by atoms with Crippen molar-refractivity contribution in [1.29, 1.82) is 0 Å². The Morgan fingerprint density at radius 3 is 2.84 bits per heavy atom. The van der Waals surface area contributed by atoms with Crippen molar-refractivity contribution in [2.45, 2.75) is 6.92 Å². The van der Waals surface area contributed by atoms with E-state index in [1.54, 1.807) is 25.3 Å². The van der Waals surface area contributed by atoms with Crippen molar-refractivity contribution >= 4 is 23.2 Å². The predicted octanol–water partition coefficient (Wildman–Crippen LogP) is 1.91. The molecule has 0 aliphatic rings. The van der Waals surface area contributed by atoms with Crippen LogP contribution in [0.1, 0.15) is 6.92 Å². The first-order valence-electron chi connectivity index (χ1n) is 6.09. The zero-order chi connectivity index (χ0) is 14.1. The summed E-state index contributed by atoms with van der Waals surface area (Å²) in [6.45, 7) is 3.87. The largest absolute Gasteiger partial charge is 0.492 e. The molecule has 5 nitrogen and oxygen atoms in total. The molecule has 0 heterocycles. The van der Waals surface area contributed by atoms with E-state index in [9.17, 15) is 4.79 Å². The Morgan fingerprint density at radius 2 is 2.21 bits per heavy atom. The van der Waals surface area contributed by atoms with Crippen LogP contribution in [0.2, 0.25) is 5.02 Å². The molecule has 0 saturated heterocycles. The second-order valence-corrected chi connectivity index (χ2v) is 4.20. The van der Waals surface area contributed by atoms with Gasteiger partial charge in [0.05, 0.1) is 24.8 Å². The van der Waals surface area contributed by atoms with Crippen LogP contribution in [0.25, 0.3) is 0 Å². The van der Waals surface area contributed by atoms with Crippen LogP contribution in [-0.2, 0) is 9.53 Å². The SMILES string of the molecule is CCOc1ccc(NC(=O)CNCCOC)cc1Cl. The van der Waals surface area contributed by atoms with Crippen molar-refractivity contribution in [1.82, 2.24) is 5.32 Å². The van der Waals surface area contributed by atoms with Crippen LogP contribution in [0.4, 0.5) is 5.69 Å². The van der Waals surface area contributed by atoms with E-state index >= 15 is 0 Å². The highest BCUT2D eigenvalue weighted by Crippen LogP contribution is 2.27. The summed E-state index contributed by atoms with van der Waals surface area (Å²) in [5.74, 6) is 0.483. The molecule has 0 saturated carbocycles. The van der Waals surface area contributed by atoms with Gasteiger partial charge in [0.25, 0.3) is 0 Å². The first-order valence-corrected chi connectivity index (χ1v) is 6.47. The van der Waals surface area contributed by atoms with Crippen LogP contribution in [0.3, 0.4) is 0 Å². The highest BCUT2D eigenvalue weighted by molar-refractivity contribution is 6.32. The van der Waals surface area contributed by atoms with E-state index in [4.69, 9.17) is 21.1 Å². The Morgan fingerprint density at radius 1 is 1.42 bits per heavy atom. The zero-order valence-electron chi connectivity index (χ0n) is 11.2. The van der Waals surface area contributed by atoms with Crippen LogP contribution in [0.15, 0.2) is 18.2 Å². The van der Waals surface area contributed by atoms with Crippen LogP contribution in [0, 0.1) is 0 Å². The monoisotopic (exact) mass is 286 g/mol. The Kier molecular flexibility index (Phi) is 7.25. The summed E-state index contributed by atoms with van der Waals surface area (Å²) in [7, 11) is 1.61. The van der Waals surface area contributed by atoms with Gasteiger partial charge in [-0.15, -0.1) is 0 Å². The minimum atomic E-state index is -0.128. The maximum absolute atomic E-state index is 11.6. The lowest BCUT2D eigenvalue weighted by molar-refractivity contribution is -0.115. The Labute approximate surface area is 118 Å². The Bertz CT molecular complexity index is 413. The topological polar surface area (TPSA) is 59.6 Å². The zero-order valence-corrected chi connectivity index (χ0v) is 11.9. The third-order valence-corrected chi connectivity index (χ3v) is 2.58. The number of nitrogens with one attached hydrogen (secondary N) is 2. The molecule has 1 aromatic rings. The van der Waals surface area contributed by atoms with Crippen molar-refractivity contribution in [3.63, 3.8) is 0 Å². The number of carbonyl (C=O) groups excluding carboxylic acids is 1. The third kappa shape index (κ3) is 5.92. The fourth-order valence-electron chi connectivity index (χ4n) is 1.43. The molecule has 0 unspecified atom stereocenters. The molecule has 19 heavy (non-hydrogen) atoms. The fourth-order valence-corrected chi connectivity index (χ4v) is 1.67. The Hall–Kier alpha value is -1.30. The molecule has 0 aromatic heterocycles. The van der Waals surface area contributed by atoms with Crippen molar-refractivity contribution in [2.24, 2.45) is 0 Å². The van der Waals surface area contributed by atoms with Gasteiger partial charge in [0.1, 0.15) is 5.75 Å². The van der Waals surface area contributed by atoms with Gasteiger partial charge in [-0.25, -0.2) is 0 Å². The average molecular weight is 287 g/mol. The molecule has 0 bridgehead atoms. The van der Waals surface area contributed by atoms with E-state index < -0.39 is 0 Å². The quantitative estimate of drug-likeness (QED) is 0.717. The number of methoxy groups -OCH3 is 1. The first kappa shape index (κ1) is 15.8. The maximum atomic E-state index is 11.6. The van der Waals surface area contributed by atoms with Gasteiger partial charge in [0, 0.05) is 19.3 Å². The molecular formula is C13H19ClN2O3. The lowest BCUT2D eigenvalue weighted by Crippen LogP contribution is -2.30. The van der Waals surface area contributed by atoms with Gasteiger partial charge in [-0.2, -0.15) is 0 Å². The lowest BCUT2D eigenvalue weighted by Gasteiger charge is -2.09. The predicted molar refractivity (Wildman–Crippen MR) is 76.0 cm³/mol. The maximum Gasteiger partial charge on any atom is 0.238 e. The van der Waals surface area contributed by atoms with Crippen LogP contribution >= 0.6 is 11.6 Å². The smallest absolute Gasteiger partial charge is 0.238 e. The van der Waals surface area contributed by atoms with Crippen LogP contribution in [-0.4, -0.2) is 39.3 Å². The van der Waals surface area contributed by atoms with Crippen molar-refractivity contribution in [3.8, 4) is 5.75 Å². The molecular weight excluding hydrogens is 268 g/mol. The van der Waals surface area contributed by atoms with Crippen LogP contribution in [0.5, 0.6) is 5.75 Å². The van der Waals surface area contributed by atoms with Crippen molar-refractivity contribution in [3.05, 3.63) is 23.2 Å². The van der Waals surface area contributed by atoms with Gasteiger partial charge in [0.2, 0.25) is 5.91 Å². The molecule has 0 radical (unpaired) electrons. The number of rotatable bonds is 8. The van der Waals surface area contributed by atoms with E-state index in [1.807, 2.05) is 6.92 Å². The molecule has 0 spiro atoms. The molecule has 1 aromatic carbocycles. The van der Waals surface area contributed by atoms with E-state index in [1.165, 1.54) is 0 Å². The normalized spacial score (nSPS) is 10.3. The number of carbonyl (C=O) groups is 1. The standard InChI is InChI=1S/C13H19ClN2O3/c1-3-19-12-5-4-10(8-11(12)14)16-13(17)9-15-6-7-18-2/h4-5,8,15H,3,6-7,9H2,1-2H3,(H,16,17). The fraction of sp³-hybridized carbons (Fsp3) is 0.462. The summed E-state index contributed by atoms with van der Waals surface area (Å²) >= 11 is 6.03. The van der Waals surface area contributed by atoms with E-state index in [2.05, 4.69) is 10.6 Å². The number of amides is 1. The minimum absolute atomic E-state index is 0.128. The van der Waals surface area contributed by atoms with Gasteiger partial charge in [-0.05, 0) is 25.1 Å². The molecule has 6 heteroatoms. The van der Waals surface area contributed by atoms with Gasteiger partial charge in [0.15, 0.2) is 0 Å². The van der Waals surface area contributed by atoms with Gasteiger partial charge >= 0.3 is 0 Å². The summed E-state index contributed by atoms with van der Waals surface area (Å²) in [4.78, 5) is 11.6. The van der Waals surface area contributed by atoms with E-state index in [0.717, 1.165) is 0 Å². The summed E-state index contributed by atoms with van der Waals surface area (Å²) in [5, 5.41) is 6.18. The number of hydrogen-bond acceptors (Lipinski definition) is 4. The number of ether oxygens (including phenoxy) is 2. The lowest BCUT2D eigenvalue weighted by atomic mass is 10.3. The number of anilines is 1. The van der Waals surface area contributed by atoms with E-state index in [-0.39, 0.29) is 12.5 Å². The van der Waals surface area contributed by atoms with Crippen molar-refractivity contribution < 1.29 is 14.3 Å². The molecule has 0 aliphatic heterocycles. The number of halogens is 1. The van der Waals surface area contributed by atoms with Gasteiger partial charge in [-0.3, -0.25) is 4.79 Å². The van der Waals surface area contributed by atoms with Crippen molar-refractivity contribution in [2.75, 3.05) is 38.7 Å². The highest BCUT2D eigenvalue weighted by Gasteiger charge is 2.05. The molecule has 2 N–H and O–H groups in total. The second kappa shape index (κ2) is 8.74. The average Bonchev–Trinajstić information content (AvgIpc) is 2.38. The molecule has 1 rings (SSSR count). The summed E-state index contributed by atoms with van der Waals surface area (Å²) in [6, 6.07) is 5.16. The van der Waals surface area contributed by atoms with Gasteiger partial charge in [-0.1, -0.05) is 11.6 Å². The first-order chi connectivity index (χ1) is 9.17. The second-order valence-electron chi connectivity index (χ2n) is 3.80. The third-order valence-electron chi connectivity index (χ3n) is 2.28. The minimum Gasteiger partial charge on any atom is -0.492 e. The number of hydrogen-bond donors (Lipinski definition) is 2.